The number of H-pyrrole nitrogens is 1. The highest BCUT2D eigenvalue weighted by Crippen LogP contribution is 2.43. The van der Waals surface area contributed by atoms with E-state index < -0.39 is 30.4 Å². The van der Waals surface area contributed by atoms with Crippen molar-refractivity contribution in [3.8, 4) is 5.75 Å². The molecule has 3 aliphatic carbocycles. The van der Waals surface area contributed by atoms with Crippen LogP contribution in [0.2, 0.25) is 5.02 Å². The monoisotopic (exact) mass is 555 g/mol. The summed E-state index contributed by atoms with van der Waals surface area (Å²) in [6, 6.07) is 3.60. The summed E-state index contributed by atoms with van der Waals surface area (Å²) in [6.45, 7) is -0.253. The molecule has 1 saturated heterocycles. The zero-order chi connectivity index (χ0) is 27.3. The number of carbonyl (C=O) groups is 4. The van der Waals surface area contributed by atoms with Crippen LogP contribution in [0.3, 0.4) is 0 Å². The predicted molar refractivity (Wildman–Crippen MR) is 144 cm³/mol. The van der Waals surface area contributed by atoms with Crippen LogP contribution in [0, 0.1) is 17.8 Å². The van der Waals surface area contributed by atoms with Crippen molar-refractivity contribution in [1.82, 2.24) is 15.2 Å². The second-order valence-corrected chi connectivity index (χ2v) is 12.0. The van der Waals surface area contributed by atoms with Gasteiger partial charge in [-0.05, 0) is 75.0 Å². The van der Waals surface area contributed by atoms with Gasteiger partial charge < -0.3 is 25.0 Å². The zero-order valence-corrected chi connectivity index (χ0v) is 22.5. The number of aromatic nitrogens is 1. The molecule has 4 aliphatic rings. The van der Waals surface area contributed by atoms with Gasteiger partial charge in [-0.25, -0.2) is 0 Å². The standard InChI is InChI=1S/C29H34ClN3O6/c30-17-10-21-20(26(11-17)39-18-7-8-18)12-23(31-21)29(38)33-13-16-4-1-5-19(16)27(33)28(37)32-22(25(36)14-34)9-15-3-2-6-24(15)35/h10-12,15-16,18-19,22,27,31,34H,1-9,13-14H2,(H,32,37)/t15-,16-,19-,22-,27-/m0/s1. The minimum Gasteiger partial charge on any atom is -0.490 e. The molecule has 3 N–H and O–H groups in total. The van der Waals surface area contributed by atoms with E-state index in [1.54, 1.807) is 23.1 Å². The molecule has 10 heteroatoms. The summed E-state index contributed by atoms with van der Waals surface area (Å²) < 4.78 is 6.03. The van der Waals surface area contributed by atoms with E-state index in [0.717, 1.165) is 43.9 Å². The Kier molecular flexibility index (Phi) is 7.14. The number of aliphatic hydroxyl groups is 1. The molecule has 2 heterocycles. The Bertz CT molecular complexity index is 1320. The first-order chi connectivity index (χ1) is 18.8. The molecule has 1 aromatic carbocycles. The average Bonchev–Trinajstić information content (AvgIpc) is 3.25. The number of fused-ring (bicyclic) bond motifs is 2. The molecule has 9 nitrogen and oxygen atoms in total. The number of ether oxygens (including phenoxy) is 1. The summed E-state index contributed by atoms with van der Waals surface area (Å²) in [4.78, 5) is 57.2. The lowest BCUT2D eigenvalue weighted by molar-refractivity contribution is -0.133. The molecule has 2 aromatic rings. The zero-order valence-electron chi connectivity index (χ0n) is 21.8. The maximum Gasteiger partial charge on any atom is 0.271 e. The first kappa shape index (κ1) is 26.3. The molecule has 4 fully saturated rings. The SMILES string of the molecule is O=C1CCC[C@H]1C[C@H](NC(=O)[C@@H]1[C@H]2CCC[C@H]2CN1C(=O)c1cc2c(OC3CC3)cc(Cl)cc2[nH]1)C(=O)CO. The van der Waals surface area contributed by atoms with Gasteiger partial charge in [-0.2, -0.15) is 0 Å². The largest absolute Gasteiger partial charge is 0.490 e. The molecule has 0 unspecified atom stereocenters. The summed E-state index contributed by atoms with van der Waals surface area (Å²) in [6.07, 6.45) is 7.03. The van der Waals surface area contributed by atoms with Crippen molar-refractivity contribution < 1.29 is 29.0 Å². The van der Waals surface area contributed by atoms with Gasteiger partial charge in [-0.3, -0.25) is 19.2 Å². The Labute approximate surface area is 231 Å². The third-order valence-corrected chi connectivity index (χ3v) is 9.16. The van der Waals surface area contributed by atoms with E-state index in [1.807, 2.05) is 0 Å². The fourth-order valence-electron chi connectivity index (χ4n) is 6.81. The van der Waals surface area contributed by atoms with E-state index in [0.29, 0.717) is 41.4 Å². The van der Waals surface area contributed by atoms with Crippen LogP contribution in [0.1, 0.15) is 68.3 Å². The third kappa shape index (κ3) is 5.18. The lowest BCUT2D eigenvalue weighted by Gasteiger charge is -2.29. The summed E-state index contributed by atoms with van der Waals surface area (Å²) >= 11 is 6.31. The van der Waals surface area contributed by atoms with Gasteiger partial charge in [0.1, 0.15) is 29.9 Å². The van der Waals surface area contributed by atoms with Crippen LogP contribution < -0.4 is 10.1 Å². The number of carbonyl (C=O) groups excluding carboxylic acids is 4. The Morgan fingerprint density at radius 2 is 1.95 bits per heavy atom. The molecule has 0 bridgehead atoms. The van der Waals surface area contributed by atoms with E-state index in [2.05, 4.69) is 10.3 Å². The number of likely N-dealkylation sites (tertiary alicyclic amines) is 1. The Hall–Kier alpha value is -2.91. The number of rotatable bonds is 9. The average molecular weight is 556 g/mol. The van der Waals surface area contributed by atoms with E-state index in [-0.39, 0.29) is 42.0 Å². The summed E-state index contributed by atoms with van der Waals surface area (Å²) in [5, 5.41) is 13.7. The molecule has 208 valence electrons. The van der Waals surface area contributed by atoms with Gasteiger partial charge in [-0.1, -0.05) is 18.0 Å². The number of ketones is 2. The number of amides is 2. The van der Waals surface area contributed by atoms with Crippen LogP contribution in [-0.2, 0) is 14.4 Å². The van der Waals surface area contributed by atoms with Crippen LogP contribution in [0.4, 0.5) is 0 Å². The van der Waals surface area contributed by atoms with Gasteiger partial charge in [0.15, 0.2) is 5.78 Å². The van der Waals surface area contributed by atoms with Gasteiger partial charge in [0.2, 0.25) is 5.91 Å². The van der Waals surface area contributed by atoms with Crippen molar-refractivity contribution in [2.24, 2.45) is 17.8 Å². The molecule has 1 aliphatic heterocycles. The van der Waals surface area contributed by atoms with E-state index in [9.17, 15) is 24.3 Å². The first-order valence-electron chi connectivity index (χ1n) is 14.1. The molecule has 2 amide bonds. The Morgan fingerprint density at radius 1 is 1.13 bits per heavy atom. The summed E-state index contributed by atoms with van der Waals surface area (Å²) in [7, 11) is 0. The number of aliphatic hydroxyl groups excluding tert-OH is 1. The maximum atomic E-state index is 13.9. The maximum absolute atomic E-state index is 13.9. The van der Waals surface area contributed by atoms with Gasteiger partial charge in [0, 0.05) is 29.3 Å². The number of Topliss-reactive ketones (excluding diaryl/α,β-unsaturated/α-hetero) is 2. The molecule has 3 saturated carbocycles. The van der Waals surface area contributed by atoms with E-state index >= 15 is 0 Å². The number of halogens is 1. The quantitative estimate of drug-likeness (QED) is 0.435. The van der Waals surface area contributed by atoms with Crippen molar-refractivity contribution >= 4 is 45.9 Å². The van der Waals surface area contributed by atoms with Crippen molar-refractivity contribution in [1.29, 1.82) is 0 Å². The fourth-order valence-corrected chi connectivity index (χ4v) is 7.02. The number of aromatic amines is 1. The molecule has 39 heavy (non-hydrogen) atoms. The van der Waals surface area contributed by atoms with Crippen LogP contribution in [0.5, 0.6) is 5.75 Å². The number of nitrogens with zero attached hydrogens (tertiary/aromatic N) is 1. The highest BCUT2D eigenvalue weighted by Gasteiger charge is 2.50. The second-order valence-electron chi connectivity index (χ2n) is 11.6. The van der Waals surface area contributed by atoms with Crippen molar-refractivity contribution in [2.45, 2.75) is 76.0 Å². The number of benzene rings is 1. The van der Waals surface area contributed by atoms with Crippen molar-refractivity contribution in [2.75, 3.05) is 13.2 Å². The normalized spacial score (nSPS) is 27.1. The predicted octanol–water partition coefficient (Wildman–Crippen LogP) is 3.41. The summed E-state index contributed by atoms with van der Waals surface area (Å²) in [5.74, 6) is -0.557. The van der Waals surface area contributed by atoms with Crippen molar-refractivity contribution in [3.63, 3.8) is 0 Å². The highest BCUT2D eigenvalue weighted by atomic mass is 35.5. The number of hydrogen-bond acceptors (Lipinski definition) is 6. The highest BCUT2D eigenvalue weighted by molar-refractivity contribution is 6.31. The topological polar surface area (TPSA) is 129 Å². The molecular formula is C29H34ClN3O6. The lowest BCUT2D eigenvalue weighted by atomic mass is 9.91. The molecule has 6 rings (SSSR count). The molecule has 0 spiro atoms. The van der Waals surface area contributed by atoms with Gasteiger partial charge in [0.25, 0.3) is 5.91 Å². The second kappa shape index (κ2) is 10.6. The van der Waals surface area contributed by atoms with E-state index in [1.165, 1.54) is 0 Å². The lowest BCUT2D eigenvalue weighted by Crippen LogP contribution is -2.53. The Morgan fingerprint density at radius 3 is 2.67 bits per heavy atom. The van der Waals surface area contributed by atoms with Crippen LogP contribution in [-0.4, -0.2) is 69.7 Å². The van der Waals surface area contributed by atoms with Gasteiger partial charge in [0.05, 0.1) is 17.7 Å². The summed E-state index contributed by atoms with van der Waals surface area (Å²) in [5.41, 5.74) is 1.04. The van der Waals surface area contributed by atoms with Crippen LogP contribution in [0.25, 0.3) is 10.9 Å². The van der Waals surface area contributed by atoms with Crippen LogP contribution >= 0.6 is 11.6 Å². The number of hydrogen-bond donors (Lipinski definition) is 3. The van der Waals surface area contributed by atoms with E-state index in [4.69, 9.17) is 16.3 Å². The third-order valence-electron chi connectivity index (χ3n) is 8.95. The minimum absolute atomic E-state index is 0.000440. The molecule has 0 radical (unpaired) electrons. The van der Waals surface area contributed by atoms with Gasteiger partial charge in [-0.15, -0.1) is 0 Å². The minimum atomic E-state index is -0.954. The first-order valence-corrected chi connectivity index (χ1v) is 14.5. The van der Waals surface area contributed by atoms with Gasteiger partial charge >= 0.3 is 0 Å². The van der Waals surface area contributed by atoms with Crippen LogP contribution in [0.15, 0.2) is 18.2 Å². The molecular weight excluding hydrogens is 522 g/mol. The fraction of sp³-hybridized carbons (Fsp3) is 0.586. The Balaban J connectivity index is 1.25. The van der Waals surface area contributed by atoms with Crippen molar-refractivity contribution in [3.05, 3.63) is 28.9 Å². The molecule has 5 atom stereocenters. The number of nitrogens with one attached hydrogen (secondary N) is 2. The smallest absolute Gasteiger partial charge is 0.271 e. The molecule has 1 aromatic heterocycles.